The van der Waals surface area contributed by atoms with E-state index >= 15 is 0 Å². The van der Waals surface area contributed by atoms with Crippen molar-refractivity contribution in [2.45, 2.75) is 63.7 Å². The molecule has 218 valence electrons. The molecule has 1 aromatic carbocycles. The standard InChI is InChI=1S/C43H46/c1-6-8-9-10-16-27(3)32-18-15-22-37-35(32)26-31(7-2)43(37)39-21-14-13-20-38(39)42(40-24-23-30-25-34(30)41(40)43)29(5)28(4)33-17-11-12-19-36(33)42/h6-7,10-11,13-18,20-24,26-27,30,33-37H,1-2,8-9,12,19,25H2,3-5H3/b16-10-/t27?,30?,33-,34?,35-,36?,37?,42?,43?/m0/s1. The third-order valence-electron chi connectivity index (χ3n) is 12.7. The van der Waals surface area contributed by atoms with E-state index < -0.39 is 0 Å². The van der Waals surface area contributed by atoms with Gasteiger partial charge in [0.15, 0.2) is 0 Å². The van der Waals surface area contributed by atoms with Crippen LogP contribution in [0.4, 0.5) is 0 Å². The van der Waals surface area contributed by atoms with E-state index in [-0.39, 0.29) is 10.8 Å². The summed E-state index contributed by atoms with van der Waals surface area (Å²) in [4.78, 5) is 0. The number of allylic oxidation sites excluding steroid dienone is 18. The Bertz CT molecular complexity index is 1660. The highest BCUT2D eigenvalue weighted by Crippen LogP contribution is 2.73. The highest BCUT2D eigenvalue weighted by Gasteiger charge is 2.67. The van der Waals surface area contributed by atoms with E-state index in [2.05, 4.69) is 125 Å². The number of hydrogen-bond donors (Lipinski definition) is 0. The number of benzene rings is 1. The smallest absolute Gasteiger partial charge is 0.0491 e. The van der Waals surface area contributed by atoms with Crippen molar-refractivity contribution in [3.05, 3.63) is 155 Å². The van der Waals surface area contributed by atoms with Crippen LogP contribution < -0.4 is 0 Å². The first-order valence-electron chi connectivity index (χ1n) is 16.9. The Hall–Kier alpha value is -3.38. The molecule has 0 aliphatic heterocycles. The maximum atomic E-state index is 4.53. The summed E-state index contributed by atoms with van der Waals surface area (Å²) in [7, 11) is 0. The second kappa shape index (κ2) is 9.82. The van der Waals surface area contributed by atoms with Gasteiger partial charge in [0.2, 0.25) is 0 Å². The molecule has 43 heavy (non-hydrogen) atoms. The summed E-state index contributed by atoms with van der Waals surface area (Å²) < 4.78 is 0. The largest absolute Gasteiger partial charge is 0.103 e. The lowest BCUT2D eigenvalue weighted by molar-refractivity contribution is 0.285. The Kier molecular flexibility index (Phi) is 6.21. The van der Waals surface area contributed by atoms with Gasteiger partial charge in [-0.2, -0.15) is 0 Å². The van der Waals surface area contributed by atoms with Crippen molar-refractivity contribution in [1.82, 2.24) is 0 Å². The van der Waals surface area contributed by atoms with Gasteiger partial charge in [0, 0.05) is 28.6 Å². The van der Waals surface area contributed by atoms with Crippen molar-refractivity contribution >= 4 is 0 Å². The van der Waals surface area contributed by atoms with Crippen LogP contribution in [0.15, 0.2) is 144 Å². The van der Waals surface area contributed by atoms with Crippen LogP contribution in [0.3, 0.4) is 0 Å². The van der Waals surface area contributed by atoms with Crippen LogP contribution in [-0.2, 0) is 10.8 Å². The van der Waals surface area contributed by atoms with Crippen LogP contribution >= 0.6 is 0 Å². The van der Waals surface area contributed by atoms with Crippen molar-refractivity contribution in [3.63, 3.8) is 0 Å². The molecule has 1 aromatic rings. The van der Waals surface area contributed by atoms with Crippen LogP contribution in [0.1, 0.15) is 64.0 Å². The molecule has 1 saturated carbocycles. The Morgan fingerprint density at radius 1 is 1.00 bits per heavy atom. The molecule has 8 rings (SSSR count). The molecular formula is C43H46. The van der Waals surface area contributed by atoms with E-state index in [0.29, 0.717) is 41.4 Å². The van der Waals surface area contributed by atoms with Gasteiger partial charge in [0.05, 0.1) is 0 Å². The summed E-state index contributed by atoms with van der Waals surface area (Å²) in [6.45, 7) is 15.7. The molecule has 0 saturated heterocycles. The lowest BCUT2D eigenvalue weighted by atomic mass is 9.46. The van der Waals surface area contributed by atoms with Crippen molar-refractivity contribution in [2.75, 3.05) is 0 Å². The Morgan fingerprint density at radius 3 is 2.60 bits per heavy atom. The van der Waals surface area contributed by atoms with Gasteiger partial charge < -0.3 is 0 Å². The Labute approximate surface area is 259 Å². The third kappa shape index (κ3) is 3.39. The summed E-state index contributed by atoms with van der Waals surface area (Å²) >= 11 is 0. The normalized spacial score (nSPS) is 38.5. The van der Waals surface area contributed by atoms with E-state index in [0.717, 1.165) is 12.8 Å². The van der Waals surface area contributed by atoms with Crippen LogP contribution in [0, 0.1) is 41.4 Å². The van der Waals surface area contributed by atoms with Gasteiger partial charge in [0.25, 0.3) is 0 Å². The van der Waals surface area contributed by atoms with Crippen molar-refractivity contribution in [2.24, 2.45) is 41.4 Å². The van der Waals surface area contributed by atoms with Gasteiger partial charge in [-0.1, -0.05) is 127 Å². The highest BCUT2D eigenvalue weighted by molar-refractivity contribution is 5.75. The Balaban J connectivity index is 1.37. The first-order chi connectivity index (χ1) is 21.0. The minimum atomic E-state index is -0.160. The maximum absolute atomic E-state index is 4.53. The van der Waals surface area contributed by atoms with Crippen molar-refractivity contribution in [1.29, 1.82) is 0 Å². The summed E-state index contributed by atoms with van der Waals surface area (Å²) in [5.41, 5.74) is 12.6. The lowest BCUT2D eigenvalue weighted by Crippen LogP contribution is -2.51. The molecule has 7 unspecified atom stereocenters. The molecule has 9 atom stereocenters. The first-order valence-corrected chi connectivity index (χ1v) is 16.9. The van der Waals surface area contributed by atoms with Gasteiger partial charge in [-0.25, -0.2) is 0 Å². The van der Waals surface area contributed by atoms with Gasteiger partial charge in [-0.3, -0.25) is 0 Å². The average molecular weight is 563 g/mol. The minimum Gasteiger partial charge on any atom is -0.103 e. The quantitative estimate of drug-likeness (QED) is 0.239. The van der Waals surface area contributed by atoms with Crippen LogP contribution in [-0.4, -0.2) is 0 Å². The van der Waals surface area contributed by atoms with Gasteiger partial charge in [-0.15, -0.1) is 6.58 Å². The fourth-order valence-electron chi connectivity index (χ4n) is 10.8. The second-order valence-corrected chi connectivity index (χ2v) is 14.3. The first kappa shape index (κ1) is 27.2. The van der Waals surface area contributed by atoms with Crippen molar-refractivity contribution in [3.8, 4) is 0 Å². The van der Waals surface area contributed by atoms with Crippen LogP contribution in [0.5, 0.6) is 0 Å². The summed E-state index contributed by atoms with van der Waals surface area (Å²) in [6, 6.07) is 9.69. The fourth-order valence-corrected chi connectivity index (χ4v) is 10.8. The summed E-state index contributed by atoms with van der Waals surface area (Å²) in [6.07, 6.45) is 35.1. The molecule has 0 amide bonds. The predicted molar refractivity (Wildman–Crippen MR) is 182 cm³/mol. The van der Waals surface area contributed by atoms with E-state index in [1.165, 1.54) is 24.8 Å². The molecule has 0 N–H and O–H groups in total. The molecule has 0 heteroatoms. The number of rotatable bonds is 6. The average Bonchev–Trinajstić information content (AvgIpc) is 3.72. The van der Waals surface area contributed by atoms with E-state index in [4.69, 9.17) is 0 Å². The lowest BCUT2D eigenvalue weighted by Gasteiger charge is -2.55. The number of hydrogen-bond acceptors (Lipinski definition) is 0. The molecule has 0 heterocycles. The van der Waals surface area contributed by atoms with E-state index in [1.54, 1.807) is 39.0 Å². The third-order valence-corrected chi connectivity index (χ3v) is 12.7. The van der Waals surface area contributed by atoms with Crippen molar-refractivity contribution < 1.29 is 0 Å². The van der Waals surface area contributed by atoms with Gasteiger partial charge in [-0.05, 0) is 97.5 Å². The summed E-state index contributed by atoms with van der Waals surface area (Å²) in [5, 5.41) is 0. The minimum absolute atomic E-state index is 0.0383. The van der Waals surface area contributed by atoms with Crippen LogP contribution in [0.25, 0.3) is 0 Å². The zero-order chi connectivity index (χ0) is 29.5. The summed E-state index contributed by atoms with van der Waals surface area (Å²) in [5.74, 6) is 3.60. The molecule has 7 aliphatic carbocycles. The fraction of sp³-hybridized carbons (Fsp3) is 0.395. The molecule has 0 nitrogen and oxygen atoms in total. The molecule has 0 radical (unpaired) electrons. The molecule has 0 aromatic heterocycles. The molecule has 7 aliphatic rings. The number of fused-ring (bicyclic) bond motifs is 11. The molecule has 2 spiro atoms. The second-order valence-electron chi connectivity index (χ2n) is 14.3. The monoisotopic (exact) mass is 562 g/mol. The molecular weight excluding hydrogens is 516 g/mol. The Morgan fingerprint density at radius 2 is 1.81 bits per heavy atom. The maximum Gasteiger partial charge on any atom is 0.0491 e. The van der Waals surface area contributed by atoms with Gasteiger partial charge >= 0.3 is 0 Å². The van der Waals surface area contributed by atoms with Crippen LogP contribution in [0.2, 0.25) is 0 Å². The zero-order valence-electron chi connectivity index (χ0n) is 26.2. The topological polar surface area (TPSA) is 0 Å². The highest BCUT2D eigenvalue weighted by atomic mass is 14.7. The SMILES string of the molecule is C=CCC/C=C\C(C)C1=CC=CC2[C@H]1C=C(C=C)C21C2=C(C=CC3CC23)C2(C(C)=C(C)[C@@H]3C=CCCC32)c2ccccc21. The molecule has 1 fully saturated rings. The predicted octanol–water partition coefficient (Wildman–Crippen LogP) is 10.6. The van der Waals surface area contributed by atoms with E-state index in [9.17, 15) is 0 Å². The van der Waals surface area contributed by atoms with E-state index in [1.807, 2.05) is 6.08 Å². The number of unbranched alkanes of at least 4 members (excludes halogenated alkanes) is 1. The molecule has 0 bridgehead atoms. The zero-order valence-corrected chi connectivity index (χ0v) is 26.2. The van der Waals surface area contributed by atoms with Gasteiger partial charge in [0.1, 0.15) is 0 Å².